The van der Waals surface area contributed by atoms with Gasteiger partial charge in [0.2, 0.25) is 0 Å². The van der Waals surface area contributed by atoms with Crippen molar-refractivity contribution in [3.63, 3.8) is 0 Å². The SMILES string of the molecule is COc1cc(Cl)cc(CCCN)c1C. The van der Waals surface area contributed by atoms with E-state index >= 15 is 0 Å². The summed E-state index contributed by atoms with van der Waals surface area (Å²) in [7, 11) is 1.66. The van der Waals surface area contributed by atoms with E-state index < -0.39 is 0 Å². The van der Waals surface area contributed by atoms with Gasteiger partial charge in [-0.1, -0.05) is 11.6 Å². The van der Waals surface area contributed by atoms with Gasteiger partial charge in [0.15, 0.2) is 0 Å². The van der Waals surface area contributed by atoms with Gasteiger partial charge in [0.25, 0.3) is 0 Å². The van der Waals surface area contributed by atoms with Crippen LogP contribution in [-0.2, 0) is 6.42 Å². The average Bonchev–Trinajstić information content (AvgIpc) is 2.18. The maximum Gasteiger partial charge on any atom is 0.123 e. The summed E-state index contributed by atoms with van der Waals surface area (Å²) in [5.41, 5.74) is 7.85. The maximum atomic E-state index is 5.97. The van der Waals surface area contributed by atoms with E-state index in [1.54, 1.807) is 7.11 Å². The van der Waals surface area contributed by atoms with E-state index in [4.69, 9.17) is 22.1 Å². The molecule has 0 aromatic heterocycles. The molecule has 0 fully saturated rings. The predicted molar refractivity (Wildman–Crippen MR) is 60.1 cm³/mol. The normalized spacial score (nSPS) is 10.3. The number of methoxy groups -OCH3 is 1. The first-order chi connectivity index (χ1) is 6.69. The molecule has 1 rings (SSSR count). The number of benzene rings is 1. The lowest BCUT2D eigenvalue weighted by atomic mass is 10.0. The Morgan fingerprint density at radius 2 is 2.14 bits per heavy atom. The fourth-order valence-electron chi connectivity index (χ4n) is 1.47. The Balaban J connectivity index is 2.96. The molecule has 0 unspecified atom stereocenters. The van der Waals surface area contributed by atoms with E-state index in [1.165, 1.54) is 5.56 Å². The van der Waals surface area contributed by atoms with Crippen LogP contribution in [-0.4, -0.2) is 13.7 Å². The van der Waals surface area contributed by atoms with Crippen molar-refractivity contribution < 1.29 is 4.74 Å². The van der Waals surface area contributed by atoms with E-state index in [1.807, 2.05) is 19.1 Å². The van der Waals surface area contributed by atoms with Crippen LogP contribution in [0.3, 0.4) is 0 Å². The van der Waals surface area contributed by atoms with Crippen molar-refractivity contribution in [3.8, 4) is 5.75 Å². The summed E-state index contributed by atoms with van der Waals surface area (Å²) in [5, 5.41) is 0.722. The number of hydrogen-bond donors (Lipinski definition) is 1. The molecule has 0 spiro atoms. The van der Waals surface area contributed by atoms with Crippen molar-refractivity contribution in [2.24, 2.45) is 5.73 Å². The highest BCUT2D eigenvalue weighted by Gasteiger charge is 2.06. The first-order valence-corrected chi connectivity index (χ1v) is 5.10. The molecule has 0 aliphatic rings. The van der Waals surface area contributed by atoms with Gasteiger partial charge in [0, 0.05) is 5.02 Å². The first kappa shape index (κ1) is 11.3. The predicted octanol–water partition coefficient (Wildman–Crippen LogP) is 2.55. The van der Waals surface area contributed by atoms with Gasteiger partial charge in [-0.2, -0.15) is 0 Å². The van der Waals surface area contributed by atoms with Crippen molar-refractivity contribution >= 4 is 11.6 Å². The Bertz CT molecular complexity index is 312. The molecule has 2 nitrogen and oxygen atoms in total. The largest absolute Gasteiger partial charge is 0.496 e. The summed E-state index contributed by atoms with van der Waals surface area (Å²) in [6.07, 6.45) is 1.93. The Morgan fingerprint density at radius 1 is 1.43 bits per heavy atom. The molecule has 1 aromatic carbocycles. The topological polar surface area (TPSA) is 35.2 Å². The van der Waals surface area contributed by atoms with Crippen LogP contribution in [0, 0.1) is 6.92 Å². The van der Waals surface area contributed by atoms with Gasteiger partial charge in [0.05, 0.1) is 7.11 Å². The van der Waals surface area contributed by atoms with E-state index in [0.29, 0.717) is 6.54 Å². The Hall–Kier alpha value is -0.730. The summed E-state index contributed by atoms with van der Waals surface area (Å²) in [6, 6.07) is 3.82. The zero-order valence-corrected chi connectivity index (χ0v) is 9.40. The van der Waals surface area contributed by atoms with E-state index in [9.17, 15) is 0 Å². The smallest absolute Gasteiger partial charge is 0.123 e. The molecule has 14 heavy (non-hydrogen) atoms. The summed E-state index contributed by atoms with van der Waals surface area (Å²) < 4.78 is 5.23. The monoisotopic (exact) mass is 213 g/mol. The second kappa shape index (κ2) is 5.23. The number of hydrogen-bond acceptors (Lipinski definition) is 2. The van der Waals surface area contributed by atoms with Crippen LogP contribution in [0.15, 0.2) is 12.1 Å². The quantitative estimate of drug-likeness (QED) is 0.835. The third kappa shape index (κ3) is 2.63. The minimum atomic E-state index is 0.703. The standard InChI is InChI=1S/C11H16ClNO/c1-8-9(4-3-5-13)6-10(12)7-11(8)14-2/h6-7H,3-5,13H2,1-2H3. The average molecular weight is 214 g/mol. The van der Waals surface area contributed by atoms with Crippen LogP contribution in [0.4, 0.5) is 0 Å². The molecule has 1 aromatic rings. The molecule has 0 amide bonds. The maximum absolute atomic E-state index is 5.97. The first-order valence-electron chi connectivity index (χ1n) is 4.72. The zero-order chi connectivity index (χ0) is 10.6. The minimum Gasteiger partial charge on any atom is -0.496 e. The van der Waals surface area contributed by atoms with Gasteiger partial charge >= 0.3 is 0 Å². The molecular formula is C11H16ClNO. The molecule has 0 radical (unpaired) electrons. The molecule has 0 aliphatic heterocycles. The van der Waals surface area contributed by atoms with Gasteiger partial charge in [-0.25, -0.2) is 0 Å². The lowest BCUT2D eigenvalue weighted by molar-refractivity contribution is 0.411. The fourth-order valence-corrected chi connectivity index (χ4v) is 1.70. The third-order valence-electron chi connectivity index (χ3n) is 2.30. The molecule has 0 saturated heterocycles. The van der Waals surface area contributed by atoms with Crippen molar-refractivity contribution in [1.82, 2.24) is 0 Å². The molecule has 0 atom stereocenters. The Kier molecular flexibility index (Phi) is 4.23. The molecule has 2 N–H and O–H groups in total. The van der Waals surface area contributed by atoms with Gasteiger partial charge in [-0.3, -0.25) is 0 Å². The highest BCUT2D eigenvalue weighted by atomic mass is 35.5. The second-order valence-electron chi connectivity index (χ2n) is 3.28. The van der Waals surface area contributed by atoms with E-state index in [2.05, 4.69) is 0 Å². The number of rotatable bonds is 4. The van der Waals surface area contributed by atoms with Crippen LogP contribution in [0.1, 0.15) is 17.5 Å². The highest BCUT2D eigenvalue weighted by molar-refractivity contribution is 6.30. The van der Waals surface area contributed by atoms with Crippen LogP contribution in [0.25, 0.3) is 0 Å². The van der Waals surface area contributed by atoms with Crippen molar-refractivity contribution in [3.05, 3.63) is 28.3 Å². The van der Waals surface area contributed by atoms with Crippen LogP contribution in [0.5, 0.6) is 5.75 Å². The summed E-state index contributed by atoms with van der Waals surface area (Å²) in [4.78, 5) is 0. The molecular weight excluding hydrogens is 198 g/mol. The van der Waals surface area contributed by atoms with Gasteiger partial charge in [-0.05, 0) is 49.6 Å². The van der Waals surface area contributed by atoms with Crippen molar-refractivity contribution in [2.75, 3.05) is 13.7 Å². The van der Waals surface area contributed by atoms with Gasteiger partial charge in [-0.15, -0.1) is 0 Å². The fraction of sp³-hybridized carbons (Fsp3) is 0.455. The van der Waals surface area contributed by atoms with Crippen molar-refractivity contribution in [1.29, 1.82) is 0 Å². The summed E-state index contributed by atoms with van der Waals surface area (Å²) >= 11 is 5.97. The Morgan fingerprint density at radius 3 is 2.71 bits per heavy atom. The third-order valence-corrected chi connectivity index (χ3v) is 2.52. The summed E-state index contributed by atoms with van der Waals surface area (Å²) in [5.74, 6) is 0.851. The number of aryl methyl sites for hydroxylation is 1. The van der Waals surface area contributed by atoms with E-state index in [0.717, 1.165) is 29.2 Å². The molecule has 0 heterocycles. The lowest BCUT2D eigenvalue weighted by Gasteiger charge is -2.10. The number of ether oxygens (including phenoxy) is 1. The second-order valence-corrected chi connectivity index (χ2v) is 3.72. The highest BCUT2D eigenvalue weighted by Crippen LogP contribution is 2.27. The molecule has 0 bridgehead atoms. The minimum absolute atomic E-state index is 0.703. The van der Waals surface area contributed by atoms with E-state index in [-0.39, 0.29) is 0 Å². The lowest BCUT2D eigenvalue weighted by Crippen LogP contribution is -2.02. The molecule has 0 aliphatic carbocycles. The van der Waals surface area contributed by atoms with Gasteiger partial charge < -0.3 is 10.5 Å². The number of halogens is 1. The van der Waals surface area contributed by atoms with Crippen LogP contribution < -0.4 is 10.5 Å². The number of nitrogens with two attached hydrogens (primary N) is 1. The zero-order valence-electron chi connectivity index (χ0n) is 8.64. The Labute approximate surface area is 90.0 Å². The van der Waals surface area contributed by atoms with Crippen LogP contribution in [0.2, 0.25) is 5.02 Å². The molecule has 0 saturated carbocycles. The van der Waals surface area contributed by atoms with Crippen molar-refractivity contribution in [2.45, 2.75) is 19.8 Å². The van der Waals surface area contributed by atoms with Gasteiger partial charge in [0.1, 0.15) is 5.75 Å². The van der Waals surface area contributed by atoms with Crippen LogP contribution >= 0.6 is 11.6 Å². The summed E-state index contributed by atoms with van der Waals surface area (Å²) in [6.45, 7) is 2.75. The molecule has 78 valence electrons. The molecule has 3 heteroatoms.